The van der Waals surface area contributed by atoms with Crippen LogP contribution in [0, 0.1) is 5.92 Å². The Hall–Kier alpha value is -1.22. The topological polar surface area (TPSA) is 27.1 Å². The minimum Gasteiger partial charge on any atom is -0.497 e. The van der Waals surface area contributed by atoms with Crippen molar-refractivity contribution in [3.05, 3.63) is 24.0 Å². The van der Waals surface area contributed by atoms with Gasteiger partial charge >= 0.3 is 0 Å². The molecule has 2 aromatic rings. The molecule has 3 nitrogen and oxygen atoms in total. The lowest BCUT2D eigenvalue weighted by molar-refractivity contribution is 0.414. The van der Waals surface area contributed by atoms with Crippen molar-refractivity contribution in [2.24, 2.45) is 5.92 Å². The van der Waals surface area contributed by atoms with Crippen molar-refractivity contribution in [1.82, 2.24) is 9.55 Å². The van der Waals surface area contributed by atoms with Crippen LogP contribution in [0.25, 0.3) is 11.0 Å². The van der Waals surface area contributed by atoms with E-state index in [0.29, 0.717) is 11.9 Å². The summed E-state index contributed by atoms with van der Waals surface area (Å²) in [5.41, 5.74) is 2.13. The number of rotatable bonds is 5. The number of hydrogen-bond donors (Lipinski definition) is 0. The van der Waals surface area contributed by atoms with Gasteiger partial charge in [-0.3, -0.25) is 0 Å². The Morgan fingerprint density at radius 2 is 2.26 bits per heavy atom. The molecule has 0 spiro atoms. The Morgan fingerprint density at radius 1 is 1.47 bits per heavy atom. The highest BCUT2D eigenvalue weighted by Crippen LogP contribution is 2.38. The zero-order valence-corrected chi connectivity index (χ0v) is 12.2. The highest BCUT2D eigenvalue weighted by atomic mass is 35.5. The molecule has 0 radical (unpaired) electrons. The maximum absolute atomic E-state index is 6.06. The van der Waals surface area contributed by atoms with E-state index in [-0.39, 0.29) is 0 Å². The van der Waals surface area contributed by atoms with Crippen LogP contribution in [-0.2, 0) is 5.88 Å². The molecule has 1 aromatic heterocycles. The molecule has 0 amide bonds. The predicted molar refractivity (Wildman–Crippen MR) is 77.9 cm³/mol. The first kappa shape index (κ1) is 12.8. The third kappa shape index (κ3) is 2.44. The number of imidazole rings is 1. The van der Waals surface area contributed by atoms with Gasteiger partial charge in [0.05, 0.1) is 24.0 Å². The highest BCUT2D eigenvalue weighted by molar-refractivity contribution is 6.16. The first-order chi connectivity index (χ1) is 9.22. The van der Waals surface area contributed by atoms with Crippen LogP contribution in [0.4, 0.5) is 0 Å². The highest BCUT2D eigenvalue weighted by Gasteiger charge is 2.26. The van der Waals surface area contributed by atoms with E-state index in [1.165, 1.54) is 19.3 Å². The van der Waals surface area contributed by atoms with Gasteiger partial charge < -0.3 is 9.30 Å². The fourth-order valence-electron chi connectivity index (χ4n) is 2.78. The average molecular weight is 279 g/mol. The summed E-state index contributed by atoms with van der Waals surface area (Å²) in [5, 5.41) is 0. The molecular formula is C15H19ClN2O. The molecule has 3 rings (SSSR count). The summed E-state index contributed by atoms with van der Waals surface area (Å²) in [7, 11) is 1.69. The molecule has 102 valence electrons. The first-order valence-electron chi connectivity index (χ1n) is 6.83. The number of fused-ring (bicyclic) bond motifs is 1. The van der Waals surface area contributed by atoms with Crippen LogP contribution in [0.3, 0.4) is 0 Å². The van der Waals surface area contributed by atoms with E-state index in [1.807, 2.05) is 12.1 Å². The number of alkyl halides is 1. The van der Waals surface area contributed by atoms with Gasteiger partial charge in [0, 0.05) is 12.1 Å². The van der Waals surface area contributed by atoms with E-state index in [4.69, 9.17) is 16.3 Å². The van der Waals surface area contributed by atoms with E-state index >= 15 is 0 Å². The number of benzene rings is 1. The molecule has 19 heavy (non-hydrogen) atoms. The molecule has 1 aliphatic rings. The molecule has 1 saturated carbocycles. The van der Waals surface area contributed by atoms with Crippen molar-refractivity contribution in [3.8, 4) is 5.75 Å². The Balaban J connectivity index is 2.06. The number of halogens is 1. The molecule has 0 N–H and O–H groups in total. The van der Waals surface area contributed by atoms with Crippen LogP contribution in [0.15, 0.2) is 18.2 Å². The number of aromatic nitrogens is 2. The summed E-state index contributed by atoms with van der Waals surface area (Å²) >= 11 is 6.06. The molecule has 1 aromatic carbocycles. The van der Waals surface area contributed by atoms with Crippen molar-refractivity contribution < 1.29 is 4.74 Å². The van der Waals surface area contributed by atoms with E-state index in [2.05, 4.69) is 22.5 Å². The maximum atomic E-state index is 6.06. The molecule has 0 aliphatic heterocycles. The Morgan fingerprint density at radius 3 is 2.89 bits per heavy atom. The minimum absolute atomic E-state index is 0.443. The summed E-state index contributed by atoms with van der Waals surface area (Å²) in [5.74, 6) is 3.17. The van der Waals surface area contributed by atoms with E-state index < -0.39 is 0 Å². The lowest BCUT2D eigenvalue weighted by Crippen LogP contribution is -2.09. The van der Waals surface area contributed by atoms with Gasteiger partial charge in [0.2, 0.25) is 0 Å². The number of ether oxygens (including phenoxy) is 1. The third-order valence-electron chi connectivity index (χ3n) is 3.90. The van der Waals surface area contributed by atoms with Crippen molar-refractivity contribution in [2.75, 3.05) is 7.11 Å². The standard InChI is InChI=1S/C15H19ClN2O/c1-10(7-11-3-4-11)18-14-8-12(19-2)5-6-13(14)17-15(18)9-16/h5-6,8,10-11H,3-4,7,9H2,1-2H3. The zero-order chi connectivity index (χ0) is 13.4. The molecular weight excluding hydrogens is 260 g/mol. The average Bonchev–Trinajstić information content (AvgIpc) is 3.15. The smallest absolute Gasteiger partial charge is 0.125 e. The first-order valence-corrected chi connectivity index (χ1v) is 7.37. The SMILES string of the molecule is COc1ccc2nc(CCl)n(C(C)CC3CC3)c2c1. The van der Waals surface area contributed by atoms with Crippen LogP contribution in [0.5, 0.6) is 5.75 Å². The van der Waals surface area contributed by atoms with Crippen molar-refractivity contribution >= 4 is 22.6 Å². The van der Waals surface area contributed by atoms with Crippen LogP contribution < -0.4 is 4.74 Å². The summed E-state index contributed by atoms with van der Waals surface area (Å²) in [6.45, 7) is 2.26. The van der Waals surface area contributed by atoms with Gasteiger partial charge in [-0.05, 0) is 31.4 Å². The van der Waals surface area contributed by atoms with Gasteiger partial charge in [0.15, 0.2) is 0 Å². The number of nitrogens with zero attached hydrogens (tertiary/aromatic N) is 2. The number of methoxy groups -OCH3 is 1. The van der Waals surface area contributed by atoms with Crippen LogP contribution >= 0.6 is 11.6 Å². The molecule has 1 atom stereocenters. The summed E-state index contributed by atoms with van der Waals surface area (Å²) in [6, 6.07) is 6.45. The Kier molecular flexibility index (Phi) is 3.40. The third-order valence-corrected chi connectivity index (χ3v) is 4.14. The second kappa shape index (κ2) is 5.04. The van der Waals surface area contributed by atoms with Gasteiger partial charge in [-0.15, -0.1) is 11.6 Å². The summed E-state index contributed by atoms with van der Waals surface area (Å²) in [6.07, 6.45) is 3.96. The lowest BCUT2D eigenvalue weighted by Gasteiger charge is -2.17. The Labute approximate surface area is 118 Å². The molecule has 0 bridgehead atoms. The second-order valence-corrected chi connectivity index (χ2v) is 5.68. The molecule has 0 saturated heterocycles. The monoisotopic (exact) mass is 278 g/mol. The number of hydrogen-bond acceptors (Lipinski definition) is 2. The summed E-state index contributed by atoms with van der Waals surface area (Å²) < 4.78 is 7.60. The van der Waals surface area contributed by atoms with Gasteiger partial charge in [-0.2, -0.15) is 0 Å². The van der Waals surface area contributed by atoms with Crippen LogP contribution in [0.2, 0.25) is 0 Å². The Bertz CT molecular complexity index is 589. The van der Waals surface area contributed by atoms with Crippen molar-refractivity contribution in [3.63, 3.8) is 0 Å². The molecule has 4 heteroatoms. The minimum atomic E-state index is 0.443. The maximum Gasteiger partial charge on any atom is 0.125 e. The van der Waals surface area contributed by atoms with Gasteiger partial charge in [-0.25, -0.2) is 4.98 Å². The predicted octanol–water partition coefficient (Wildman–Crippen LogP) is 4.14. The van der Waals surface area contributed by atoms with Crippen molar-refractivity contribution in [2.45, 2.75) is 38.1 Å². The van der Waals surface area contributed by atoms with Gasteiger partial charge in [0.25, 0.3) is 0 Å². The zero-order valence-electron chi connectivity index (χ0n) is 11.4. The lowest BCUT2D eigenvalue weighted by atomic mass is 10.1. The normalized spacial score (nSPS) is 16.8. The second-order valence-electron chi connectivity index (χ2n) is 5.41. The van der Waals surface area contributed by atoms with Gasteiger partial charge in [0.1, 0.15) is 11.6 Å². The van der Waals surface area contributed by atoms with Crippen LogP contribution in [0.1, 0.15) is 38.1 Å². The van der Waals surface area contributed by atoms with E-state index in [0.717, 1.165) is 28.5 Å². The fourth-order valence-corrected chi connectivity index (χ4v) is 2.97. The van der Waals surface area contributed by atoms with E-state index in [9.17, 15) is 0 Å². The molecule has 1 unspecified atom stereocenters. The molecule has 1 fully saturated rings. The molecule has 1 heterocycles. The van der Waals surface area contributed by atoms with Gasteiger partial charge in [-0.1, -0.05) is 12.8 Å². The summed E-state index contributed by atoms with van der Waals surface area (Å²) in [4.78, 5) is 4.63. The largest absolute Gasteiger partial charge is 0.497 e. The fraction of sp³-hybridized carbons (Fsp3) is 0.533. The van der Waals surface area contributed by atoms with E-state index in [1.54, 1.807) is 7.11 Å². The quantitative estimate of drug-likeness (QED) is 0.769. The van der Waals surface area contributed by atoms with Crippen LogP contribution in [-0.4, -0.2) is 16.7 Å². The van der Waals surface area contributed by atoms with Crippen molar-refractivity contribution in [1.29, 1.82) is 0 Å². The molecule has 1 aliphatic carbocycles.